The summed E-state index contributed by atoms with van der Waals surface area (Å²) in [7, 11) is 0. The van der Waals surface area contributed by atoms with Crippen molar-refractivity contribution in [1.82, 2.24) is 0 Å². The van der Waals surface area contributed by atoms with Crippen molar-refractivity contribution >= 4 is 46.4 Å². The third-order valence-corrected chi connectivity index (χ3v) is 6.68. The molecule has 8 heteroatoms. The van der Waals surface area contributed by atoms with Crippen LogP contribution in [0, 0.1) is 0 Å². The molecule has 0 aliphatic carbocycles. The Bertz CT molecular complexity index is 1370. The van der Waals surface area contributed by atoms with Gasteiger partial charge in [0, 0.05) is 48.4 Å². The van der Waals surface area contributed by atoms with Gasteiger partial charge in [-0.15, -0.1) is 0 Å². The Morgan fingerprint density at radius 2 is 0.651 bits per heavy atom. The third-order valence-electron chi connectivity index (χ3n) is 6.68. The molecule has 4 aromatic carbocycles. The molecular weight excluding hydrogens is 540 g/mol. The van der Waals surface area contributed by atoms with Gasteiger partial charge in [-0.2, -0.15) is 0 Å². The molecule has 4 rings (SSSR count). The molecule has 0 spiro atoms. The van der Waals surface area contributed by atoms with Crippen LogP contribution in [0.2, 0.25) is 0 Å². The van der Waals surface area contributed by atoms with Crippen molar-refractivity contribution in [3.63, 3.8) is 0 Å². The Morgan fingerprint density at radius 3 is 0.953 bits per heavy atom. The van der Waals surface area contributed by atoms with Gasteiger partial charge in [-0.05, 0) is 78.9 Å². The van der Waals surface area contributed by atoms with E-state index in [0.717, 1.165) is 11.1 Å². The minimum atomic E-state index is -0.195. The van der Waals surface area contributed by atoms with Crippen molar-refractivity contribution in [3.05, 3.63) is 120 Å². The predicted molar refractivity (Wildman–Crippen MR) is 171 cm³/mol. The number of anilines is 4. The zero-order chi connectivity index (χ0) is 30.3. The fraction of sp³-hybridized carbons (Fsp3) is 0.200. The third kappa shape index (κ3) is 11.3. The molecule has 0 saturated carbocycles. The van der Waals surface area contributed by atoms with Crippen LogP contribution in [0.1, 0.15) is 43.2 Å². The summed E-state index contributed by atoms with van der Waals surface area (Å²) in [6, 6.07) is 33.6. The fourth-order valence-corrected chi connectivity index (χ4v) is 4.38. The molecule has 4 aromatic rings. The summed E-state index contributed by atoms with van der Waals surface area (Å²) in [6.45, 7) is 0. The Balaban J connectivity index is 1.10. The molecule has 8 nitrogen and oxygen atoms in total. The van der Waals surface area contributed by atoms with Gasteiger partial charge in [0.2, 0.25) is 23.6 Å². The fourth-order valence-electron chi connectivity index (χ4n) is 4.38. The molecule has 4 amide bonds. The first-order chi connectivity index (χ1) is 20.9. The summed E-state index contributed by atoms with van der Waals surface area (Å²) in [5, 5.41) is 11.4. The number of amides is 4. The topological polar surface area (TPSA) is 116 Å². The Morgan fingerprint density at radius 1 is 0.372 bits per heavy atom. The predicted octanol–water partition coefficient (Wildman–Crippen LogP) is 6.58. The van der Waals surface area contributed by atoms with Gasteiger partial charge < -0.3 is 21.3 Å². The second kappa shape index (κ2) is 16.3. The summed E-state index contributed by atoms with van der Waals surface area (Å²) in [4.78, 5) is 49.1. The number of benzene rings is 4. The van der Waals surface area contributed by atoms with Crippen LogP contribution in [-0.4, -0.2) is 23.6 Å². The highest BCUT2D eigenvalue weighted by atomic mass is 16.2. The maximum absolute atomic E-state index is 12.3. The molecular formula is C35H36N4O4. The van der Waals surface area contributed by atoms with Crippen LogP contribution in [-0.2, 0) is 32.0 Å². The summed E-state index contributed by atoms with van der Waals surface area (Å²) >= 11 is 0. The maximum Gasteiger partial charge on any atom is 0.224 e. The van der Waals surface area contributed by atoms with Crippen molar-refractivity contribution in [1.29, 1.82) is 0 Å². The lowest BCUT2D eigenvalue weighted by Crippen LogP contribution is -2.15. The molecule has 0 fully saturated rings. The van der Waals surface area contributed by atoms with Crippen LogP contribution in [0.5, 0.6) is 0 Å². The monoisotopic (exact) mass is 576 g/mol. The summed E-state index contributed by atoms with van der Waals surface area (Å²) in [5.41, 5.74) is 4.77. The van der Waals surface area contributed by atoms with E-state index in [1.165, 1.54) is 0 Å². The van der Waals surface area contributed by atoms with Crippen LogP contribution in [0.3, 0.4) is 0 Å². The van der Waals surface area contributed by atoms with Gasteiger partial charge in [0.25, 0.3) is 0 Å². The van der Waals surface area contributed by atoms with Crippen LogP contribution in [0.4, 0.5) is 22.7 Å². The Hall–Kier alpha value is -5.24. The number of nitrogens with one attached hydrogen (secondary N) is 4. The molecule has 0 bridgehead atoms. The standard InChI is InChI=1S/C35H36N4O4/c40-32(36-28-16-20-30(21-17-28)38-34(42)24-14-26-8-3-1-4-9-26)12-7-13-33(41)37-29-18-22-31(23-19-29)39-35(43)25-15-27-10-5-2-6-11-27/h1-6,8-11,16-23H,7,12-15,24-25H2,(H,36,40)(H,37,41)(H,38,42)(H,39,43). The molecule has 0 aliphatic heterocycles. The molecule has 0 atom stereocenters. The lowest BCUT2D eigenvalue weighted by atomic mass is 10.1. The smallest absolute Gasteiger partial charge is 0.224 e. The van der Waals surface area contributed by atoms with Gasteiger partial charge >= 0.3 is 0 Å². The van der Waals surface area contributed by atoms with Gasteiger partial charge in [0.1, 0.15) is 0 Å². The quantitative estimate of drug-likeness (QED) is 0.136. The van der Waals surface area contributed by atoms with Crippen molar-refractivity contribution in [2.45, 2.75) is 44.9 Å². The first-order valence-electron chi connectivity index (χ1n) is 14.4. The molecule has 0 aromatic heterocycles. The number of carbonyl (C=O) groups is 4. The van der Waals surface area contributed by atoms with Crippen molar-refractivity contribution < 1.29 is 19.2 Å². The number of hydrogen-bond donors (Lipinski definition) is 4. The lowest BCUT2D eigenvalue weighted by Gasteiger charge is -2.09. The van der Waals surface area contributed by atoms with Gasteiger partial charge in [0.05, 0.1) is 0 Å². The molecule has 0 radical (unpaired) electrons. The summed E-state index contributed by atoms with van der Waals surface area (Å²) < 4.78 is 0. The minimum Gasteiger partial charge on any atom is -0.326 e. The summed E-state index contributed by atoms with van der Waals surface area (Å²) in [5.74, 6) is -0.535. The first kappa shape index (κ1) is 30.7. The van der Waals surface area contributed by atoms with Gasteiger partial charge in [-0.1, -0.05) is 60.7 Å². The molecule has 4 N–H and O–H groups in total. The van der Waals surface area contributed by atoms with Crippen LogP contribution < -0.4 is 21.3 Å². The second-order valence-corrected chi connectivity index (χ2v) is 10.2. The van der Waals surface area contributed by atoms with E-state index in [0.29, 0.717) is 54.9 Å². The Labute approximate surface area is 251 Å². The highest BCUT2D eigenvalue weighted by Crippen LogP contribution is 2.17. The van der Waals surface area contributed by atoms with E-state index in [4.69, 9.17) is 0 Å². The normalized spacial score (nSPS) is 10.4. The minimum absolute atomic E-state index is 0.0730. The van der Waals surface area contributed by atoms with E-state index >= 15 is 0 Å². The first-order valence-corrected chi connectivity index (χ1v) is 14.4. The zero-order valence-corrected chi connectivity index (χ0v) is 24.0. The number of rotatable bonds is 14. The largest absolute Gasteiger partial charge is 0.326 e. The second-order valence-electron chi connectivity index (χ2n) is 10.2. The molecule has 0 heterocycles. The highest BCUT2D eigenvalue weighted by molar-refractivity contribution is 5.95. The van der Waals surface area contributed by atoms with E-state index in [-0.39, 0.29) is 36.5 Å². The van der Waals surface area contributed by atoms with E-state index < -0.39 is 0 Å². The average Bonchev–Trinajstić information content (AvgIpc) is 3.02. The molecule has 0 aliphatic rings. The van der Waals surface area contributed by atoms with Gasteiger partial charge in [0.15, 0.2) is 0 Å². The van der Waals surface area contributed by atoms with Crippen LogP contribution in [0.15, 0.2) is 109 Å². The average molecular weight is 577 g/mol. The zero-order valence-electron chi connectivity index (χ0n) is 24.0. The molecule has 43 heavy (non-hydrogen) atoms. The van der Waals surface area contributed by atoms with Crippen molar-refractivity contribution in [2.24, 2.45) is 0 Å². The van der Waals surface area contributed by atoms with E-state index in [9.17, 15) is 19.2 Å². The maximum atomic E-state index is 12.3. The van der Waals surface area contributed by atoms with Crippen molar-refractivity contribution in [3.8, 4) is 0 Å². The van der Waals surface area contributed by atoms with Crippen molar-refractivity contribution in [2.75, 3.05) is 21.3 Å². The molecule has 0 saturated heterocycles. The number of aryl methyl sites for hydroxylation is 2. The van der Waals surface area contributed by atoms with Gasteiger partial charge in [-0.3, -0.25) is 19.2 Å². The van der Waals surface area contributed by atoms with Crippen LogP contribution in [0.25, 0.3) is 0 Å². The highest BCUT2D eigenvalue weighted by Gasteiger charge is 2.09. The lowest BCUT2D eigenvalue weighted by molar-refractivity contribution is -0.118. The Kier molecular flexibility index (Phi) is 11.6. The van der Waals surface area contributed by atoms with E-state index in [1.807, 2.05) is 60.7 Å². The van der Waals surface area contributed by atoms with Crippen LogP contribution >= 0.6 is 0 Å². The number of carbonyl (C=O) groups excluding carboxylic acids is 4. The van der Waals surface area contributed by atoms with E-state index in [1.54, 1.807) is 48.5 Å². The molecule has 220 valence electrons. The van der Waals surface area contributed by atoms with Gasteiger partial charge in [-0.25, -0.2) is 0 Å². The summed E-state index contributed by atoms with van der Waals surface area (Å²) in [6.07, 6.45) is 2.88. The van der Waals surface area contributed by atoms with E-state index in [2.05, 4.69) is 21.3 Å². The number of hydrogen-bond acceptors (Lipinski definition) is 4. The molecule has 0 unspecified atom stereocenters. The SMILES string of the molecule is O=C(CCCC(=O)Nc1ccc(NC(=O)CCc2ccccc2)cc1)Nc1ccc(NC(=O)CCc2ccccc2)cc1.